The zero-order valence-corrected chi connectivity index (χ0v) is 17.4. The van der Waals surface area contributed by atoms with Crippen LogP contribution in [0.1, 0.15) is 32.3 Å². The van der Waals surface area contributed by atoms with Crippen LogP contribution in [0, 0.1) is 12.8 Å². The van der Waals surface area contributed by atoms with Gasteiger partial charge in [0.1, 0.15) is 6.04 Å². The van der Waals surface area contributed by atoms with Crippen molar-refractivity contribution in [3.63, 3.8) is 0 Å². The third-order valence-electron chi connectivity index (χ3n) is 4.30. The molecular formula is C19H27NO7S. The maximum Gasteiger partial charge on any atom is 0.328 e. The normalized spacial score (nSPS) is 13.3. The Labute approximate surface area is 165 Å². The molecule has 1 aromatic rings. The summed E-state index contributed by atoms with van der Waals surface area (Å²) in [5.41, 5.74) is 0.923. The minimum absolute atomic E-state index is 0.123. The summed E-state index contributed by atoms with van der Waals surface area (Å²) in [7, 11) is -2.40. The van der Waals surface area contributed by atoms with Crippen molar-refractivity contribution in [2.75, 3.05) is 19.5 Å². The van der Waals surface area contributed by atoms with Crippen molar-refractivity contribution in [3.05, 3.63) is 29.8 Å². The molecular weight excluding hydrogens is 386 g/mol. The average molecular weight is 413 g/mol. The molecule has 0 aliphatic heterocycles. The fourth-order valence-corrected chi connectivity index (χ4v) is 3.53. The number of nitrogens with one attached hydrogen (secondary N) is 1. The molecule has 0 spiro atoms. The van der Waals surface area contributed by atoms with Crippen LogP contribution in [-0.2, 0) is 33.7 Å². The number of aryl methyl sites for hydroxylation is 1. The van der Waals surface area contributed by atoms with E-state index < -0.39 is 46.1 Å². The van der Waals surface area contributed by atoms with Gasteiger partial charge in [-0.3, -0.25) is 9.59 Å². The van der Waals surface area contributed by atoms with Crippen molar-refractivity contribution >= 4 is 27.7 Å². The zero-order chi connectivity index (χ0) is 21.3. The van der Waals surface area contributed by atoms with Crippen LogP contribution >= 0.6 is 0 Å². The highest BCUT2D eigenvalue weighted by Crippen LogP contribution is 2.13. The molecule has 1 N–H and O–H groups in total. The van der Waals surface area contributed by atoms with Crippen LogP contribution in [-0.4, -0.2) is 51.8 Å². The lowest BCUT2D eigenvalue weighted by molar-refractivity contribution is -0.150. The number of carbonyl (C=O) groups is 3. The van der Waals surface area contributed by atoms with E-state index in [0.29, 0.717) is 6.42 Å². The number of esters is 2. The van der Waals surface area contributed by atoms with Gasteiger partial charge >= 0.3 is 11.9 Å². The minimum atomic E-state index is -3.62. The van der Waals surface area contributed by atoms with E-state index in [-0.39, 0.29) is 17.2 Å². The summed E-state index contributed by atoms with van der Waals surface area (Å²) in [6.45, 7) is 4.88. The molecule has 156 valence electrons. The molecule has 0 fully saturated rings. The van der Waals surface area contributed by atoms with Crippen LogP contribution in [0.2, 0.25) is 0 Å². The monoisotopic (exact) mass is 413 g/mol. The quantitative estimate of drug-likeness (QED) is 0.577. The van der Waals surface area contributed by atoms with Crippen molar-refractivity contribution < 1.29 is 32.3 Å². The highest BCUT2D eigenvalue weighted by molar-refractivity contribution is 7.91. The lowest BCUT2D eigenvalue weighted by Gasteiger charge is -2.21. The zero-order valence-electron chi connectivity index (χ0n) is 16.6. The Balaban J connectivity index is 2.52. The van der Waals surface area contributed by atoms with E-state index in [4.69, 9.17) is 4.74 Å². The Hall–Kier alpha value is -2.42. The standard InChI is InChI=1S/C19H27NO7S/c1-5-14(3)18(19(23)26-4)20-16(21)12-27-17(22)10-11-28(24,25)15-8-6-13(2)7-9-15/h6-9,14,18H,5,10-12H2,1-4H3,(H,20,21)/t14-,18-/m0/s1. The van der Waals surface area contributed by atoms with E-state index in [1.54, 1.807) is 19.1 Å². The molecule has 0 saturated heterocycles. The minimum Gasteiger partial charge on any atom is -0.467 e. The van der Waals surface area contributed by atoms with Crippen molar-refractivity contribution in [3.8, 4) is 0 Å². The molecule has 0 heterocycles. The maximum atomic E-state index is 12.2. The van der Waals surface area contributed by atoms with Crippen molar-refractivity contribution in [1.29, 1.82) is 0 Å². The molecule has 9 heteroatoms. The van der Waals surface area contributed by atoms with Gasteiger partial charge in [-0.1, -0.05) is 38.0 Å². The predicted octanol–water partition coefficient (Wildman–Crippen LogP) is 1.41. The highest BCUT2D eigenvalue weighted by atomic mass is 32.2. The number of benzene rings is 1. The van der Waals surface area contributed by atoms with Crippen LogP contribution in [0.4, 0.5) is 0 Å². The van der Waals surface area contributed by atoms with E-state index in [1.807, 2.05) is 13.8 Å². The van der Waals surface area contributed by atoms with Gasteiger partial charge in [0.25, 0.3) is 5.91 Å². The van der Waals surface area contributed by atoms with Crippen molar-refractivity contribution in [1.82, 2.24) is 5.32 Å². The Morgan fingerprint density at radius 2 is 1.75 bits per heavy atom. The third-order valence-corrected chi connectivity index (χ3v) is 6.04. The van der Waals surface area contributed by atoms with Gasteiger partial charge in [0, 0.05) is 0 Å². The summed E-state index contributed by atoms with van der Waals surface area (Å²) in [6.07, 6.45) is 0.256. The van der Waals surface area contributed by atoms with E-state index in [1.165, 1.54) is 19.2 Å². The second-order valence-corrected chi connectivity index (χ2v) is 8.61. The second-order valence-electron chi connectivity index (χ2n) is 6.50. The molecule has 0 aliphatic carbocycles. The fourth-order valence-electron chi connectivity index (χ4n) is 2.31. The van der Waals surface area contributed by atoms with Gasteiger partial charge in [-0.15, -0.1) is 0 Å². The molecule has 0 aromatic heterocycles. The highest BCUT2D eigenvalue weighted by Gasteiger charge is 2.27. The van der Waals surface area contributed by atoms with Gasteiger partial charge < -0.3 is 14.8 Å². The number of ether oxygens (including phenoxy) is 2. The Kier molecular flexibility index (Phi) is 9.11. The summed E-state index contributed by atoms with van der Waals surface area (Å²) in [5, 5.41) is 2.47. The van der Waals surface area contributed by atoms with Gasteiger partial charge in [0.15, 0.2) is 16.4 Å². The molecule has 28 heavy (non-hydrogen) atoms. The number of carbonyl (C=O) groups excluding carboxylic acids is 3. The Morgan fingerprint density at radius 1 is 1.14 bits per heavy atom. The summed E-state index contributed by atoms with van der Waals surface area (Å²) in [5.74, 6) is -2.65. The Bertz CT molecular complexity index is 787. The van der Waals surface area contributed by atoms with Gasteiger partial charge in [0.05, 0.1) is 24.2 Å². The van der Waals surface area contributed by atoms with E-state index in [0.717, 1.165) is 5.56 Å². The molecule has 0 unspecified atom stereocenters. The first-order valence-electron chi connectivity index (χ1n) is 8.93. The smallest absolute Gasteiger partial charge is 0.328 e. The number of amides is 1. The average Bonchev–Trinajstić information content (AvgIpc) is 2.68. The molecule has 8 nitrogen and oxygen atoms in total. The van der Waals surface area contributed by atoms with Crippen molar-refractivity contribution in [2.45, 2.75) is 44.6 Å². The first kappa shape index (κ1) is 23.6. The summed E-state index contributed by atoms with van der Waals surface area (Å²) in [6, 6.07) is 5.45. The van der Waals surface area contributed by atoms with Crippen LogP contribution in [0.5, 0.6) is 0 Å². The lowest BCUT2D eigenvalue weighted by Crippen LogP contribution is -2.47. The molecule has 2 atom stereocenters. The van der Waals surface area contributed by atoms with Gasteiger partial charge in [-0.25, -0.2) is 13.2 Å². The third kappa shape index (κ3) is 7.30. The first-order valence-corrected chi connectivity index (χ1v) is 10.6. The van der Waals surface area contributed by atoms with Crippen LogP contribution in [0.15, 0.2) is 29.2 Å². The topological polar surface area (TPSA) is 116 Å². The summed E-state index contributed by atoms with van der Waals surface area (Å²) >= 11 is 0. The van der Waals surface area contributed by atoms with Crippen molar-refractivity contribution in [2.24, 2.45) is 5.92 Å². The summed E-state index contributed by atoms with van der Waals surface area (Å²) in [4.78, 5) is 35.6. The molecule has 0 radical (unpaired) electrons. The number of rotatable bonds is 10. The van der Waals surface area contributed by atoms with Gasteiger partial charge in [-0.2, -0.15) is 0 Å². The van der Waals surface area contributed by atoms with E-state index >= 15 is 0 Å². The number of hydrogen-bond donors (Lipinski definition) is 1. The molecule has 0 saturated carbocycles. The molecule has 0 bridgehead atoms. The molecule has 1 rings (SSSR count). The van der Waals surface area contributed by atoms with Gasteiger partial charge in [0.2, 0.25) is 0 Å². The first-order chi connectivity index (χ1) is 13.1. The van der Waals surface area contributed by atoms with Crippen LogP contribution in [0.25, 0.3) is 0 Å². The predicted molar refractivity (Wildman–Crippen MR) is 102 cm³/mol. The number of methoxy groups -OCH3 is 1. The largest absolute Gasteiger partial charge is 0.467 e. The van der Waals surface area contributed by atoms with E-state index in [2.05, 4.69) is 10.1 Å². The second kappa shape index (κ2) is 10.8. The van der Waals surface area contributed by atoms with Crippen LogP contribution in [0.3, 0.4) is 0 Å². The van der Waals surface area contributed by atoms with E-state index in [9.17, 15) is 22.8 Å². The molecule has 1 aromatic carbocycles. The SMILES string of the molecule is CC[C@H](C)[C@H](NC(=O)COC(=O)CCS(=O)(=O)c1ccc(C)cc1)C(=O)OC. The molecule has 1 amide bonds. The van der Waals surface area contributed by atoms with Gasteiger partial charge in [-0.05, 0) is 25.0 Å². The number of hydrogen-bond acceptors (Lipinski definition) is 7. The fraction of sp³-hybridized carbons (Fsp3) is 0.526. The number of sulfone groups is 1. The summed E-state index contributed by atoms with van der Waals surface area (Å²) < 4.78 is 33.9. The lowest BCUT2D eigenvalue weighted by atomic mass is 9.99. The van der Waals surface area contributed by atoms with Crippen LogP contribution < -0.4 is 5.32 Å². The maximum absolute atomic E-state index is 12.2. The Morgan fingerprint density at radius 3 is 2.29 bits per heavy atom. The molecule has 0 aliphatic rings.